The number of hydrogen-bond acceptors (Lipinski definition) is 3. The van der Waals surface area contributed by atoms with Crippen LogP contribution in [0.1, 0.15) is 51.7 Å². The van der Waals surface area contributed by atoms with Crippen LogP contribution >= 0.6 is 0 Å². The quantitative estimate of drug-likeness (QED) is 0.852. The van der Waals surface area contributed by atoms with E-state index in [9.17, 15) is 0 Å². The van der Waals surface area contributed by atoms with Gasteiger partial charge in [0.15, 0.2) is 0 Å². The zero-order valence-electron chi connectivity index (χ0n) is 11.1. The van der Waals surface area contributed by atoms with Crippen molar-refractivity contribution in [3.63, 3.8) is 0 Å². The molecule has 0 saturated heterocycles. The van der Waals surface area contributed by atoms with Crippen molar-refractivity contribution in [1.82, 2.24) is 14.8 Å². The number of nitrogens with two attached hydrogens (primary N) is 1. The fourth-order valence-corrected chi connectivity index (χ4v) is 2.11. The highest BCUT2D eigenvalue weighted by Gasteiger charge is 2.23. The molecule has 2 N–H and O–H groups in total. The first-order valence-electron chi connectivity index (χ1n) is 5.98. The average Bonchev–Trinajstić information content (AvgIpc) is 2.54. The van der Waals surface area contributed by atoms with E-state index < -0.39 is 0 Å². The Morgan fingerprint density at radius 2 is 1.94 bits per heavy atom. The molecule has 0 saturated carbocycles. The molecule has 4 nitrogen and oxygen atoms in total. The van der Waals surface area contributed by atoms with Crippen molar-refractivity contribution >= 4 is 0 Å². The summed E-state index contributed by atoms with van der Waals surface area (Å²) in [5.74, 6) is 2.32. The van der Waals surface area contributed by atoms with Crippen molar-refractivity contribution in [3.05, 3.63) is 11.6 Å². The summed E-state index contributed by atoms with van der Waals surface area (Å²) in [5.41, 5.74) is 6.13. The molecule has 0 aliphatic rings. The van der Waals surface area contributed by atoms with Crippen LogP contribution in [0.5, 0.6) is 0 Å². The molecular formula is C12H24N4. The Kier molecular flexibility index (Phi) is 4.08. The van der Waals surface area contributed by atoms with Gasteiger partial charge in [-0.15, -0.1) is 10.2 Å². The molecule has 0 aliphatic carbocycles. The fraction of sp³-hybridized carbons (Fsp3) is 0.833. The molecule has 92 valence electrons. The van der Waals surface area contributed by atoms with Crippen LogP contribution in [0, 0.1) is 12.3 Å². The Morgan fingerprint density at radius 1 is 1.31 bits per heavy atom. The van der Waals surface area contributed by atoms with E-state index in [0.29, 0.717) is 12.5 Å². The minimum atomic E-state index is 0.266. The minimum absolute atomic E-state index is 0.266. The van der Waals surface area contributed by atoms with Crippen molar-refractivity contribution < 1.29 is 0 Å². The maximum Gasteiger partial charge on any atom is 0.137 e. The number of nitrogens with zero attached hydrogens (tertiary/aromatic N) is 3. The molecule has 0 spiro atoms. The standard InChI is InChI=1S/C12H24N4/c1-6-16-9(2)14-15-11(16)10(8-13)7-12(3,4)5/h10H,6-8,13H2,1-5H3. The summed E-state index contributed by atoms with van der Waals surface area (Å²) >= 11 is 0. The molecule has 1 aromatic heterocycles. The molecular weight excluding hydrogens is 200 g/mol. The maximum atomic E-state index is 5.86. The third-order valence-electron chi connectivity index (χ3n) is 2.79. The van der Waals surface area contributed by atoms with Crippen LogP contribution in [0.25, 0.3) is 0 Å². The van der Waals surface area contributed by atoms with Crippen LogP contribution < -0.4 is 5.73 Å². The lowest BCUT2D eigenvalue weighted by molar-refractivity contribution is 0.331. The van der Waals surface area contributed by atoms with E-state index in [4.69, 9.17) is 5.73 Å². The largest absolute Gasteiger partial charge is 0.330 e. The van der Waals surface area contributed by atoms with E-state index in [1.54, 1.807) is 0 Å². The Balaban J connectivity index is 2.95. The highest BCUT2D eigenvalue weighted by atomic mass is 15.3. The van der Waals surface area contributed by atoms with Gasteiger partial charge in [0.2, 0.25) is 0 Å². The van der Waals surface area contributed by atoms with Gasteiger partial charge in [-0.3, -0.25) is 0 Å². The Hall–Kier alpha value is -0.900. The van der Waals surface area contributed by atoms with Gasteiger partial charge in [-0.1, -0.05) is 20.8 Å². The van der Waals surface area contributed by atoms with Gasteiger partial charge in [0.1, 0.15) is 11.6 Å². The number of rotatable bonds is 4. The molecule has 16 heavy (non-hydrogen) atoms. The molecule has 0 aromatic carbocycles. The van der Waals surface area contributed by atoms with Crippen LogP contribution in [-0.4, -0.2) is 21.3 Å². The molecule has 0 amide bonds. The Morgan fingerprint density at radius 3 is 2.38 bits per heavy atom. The van der Waals surface area contributed by atoms with Gasteiger partial charge in [0.25, 0.3) is 0 Å². The predicted octanol–water partition coefficient (Wildman–Crippen LogP) is 2.08. The molecule has 1 unspecified atom stereocenters. The number of aryl methyl sites for hydroxylation is 1. The van der Waals surface area contributed by atoms with Gasteiger partial charge in [-0.05, 0) is 25.7 Å². The lowest BCUT2D eigenvalue weighted by Gasteiger charge is -2.24. The Bertz CT molecular complexity index is 335. The van der Waals surface area contributed by atoms with Gasteiger partial charge in [0, 0.05) is 19.0 Å². The topological polar surface area (TPSA) is 56.7 Å². The third-order valence-corrected chi connectivity index (χ3v) is 2.79. The van der Waals surface area contributed by atoms with Crippen molar-refractivity contribution in [1.29, 1.82) is 0 Å². The van der Waals surface area contributed by atoms with Crippen molar-refractivity contribution in [2.75, 3.05) is 6.54 Å². The summed E-state index contributed by atoms with van der Waals surface area (Å²) in [7, 11) is 0. The van der Waals surface area contributed by atoms with E-state index in [1.807, 2.05) is 6.92 Å². The molecule has 1 rings (SSSR count). The lowest BCUT2D eigenvalue weighted by atomic mass is 9.84. The summed E-state index contributed by atoms with van der Waals surface area (Å²) in [6, 6.07) is 0. The third kappa shape index (κ3) is 3.04. The molecule has 4 heteroatoms. The van der Waals surface area contributed by atoms with E-state index in [2.05, 4.69) is 42.5 Å². The van der Waals surface area contributed by atoms with Gasteiger partial charge in [-0.2, -0.15) is 0 Å². The summed E-state index contributed by atoms with van der Waals surface area (Å²) in [4.78, 5) is 0. The number of hydrogen-bond donors (Lipinski definition) is 1. The van der Waals surface area contributed by atoms with Crippen molar-refractivity contribution in [3.8, 4) is 0 Å². The van der Waals surface area contributed by atoms with E-state index in [0.717, 1.165) is 24.6 Å². The van der Waals surface area contributed by atoms with E-state index in [-0.39, 0.29) is 5.41 Å². The van der Waals surface area contributed by atoms with Crippen molar-refractivity contribution in [2.45, 2.75) is 53.5 Å². The van der Waals surface area contributed by atoms with Gasteiger partial charge < -0.3 is 10.3 Å². The van der Waals surface area contributed by atoms with Gasteiger partial charge >= 0.3 is 0 Å². The number of aromatic nitrogens is 3. The molecule has 0 fully saturated rings. The molecule has 0 aliphatic heterocycles. The van der Waals surface area contributed by atoms with E-state index in [1.165, 1.54) is 0 Å². The second kappa shape index (κ2) is 4.95. The highest BCUT2D eigenvalue weighted by molar-refractivity contribution is 5.02. The van der Waals surface area contributed by atoms with Crippen LogP contribution in [0.4, 0.5) is 0 Å². The smallest absolute Gasteiger partial charge is 0.137 e. The summed E-state index contributed by atoms with van der Waals surface area (Å²) in [6.45, 7) is 12.3. The second-order valence-corrected chi connectivity index (χ2v) is 5.55. The molecule has 1 atom stereocenters. The monoisotopic (exact) mass is 224 g/mol. The van der Waals surface area contributed by atoms with E-state index >= 15 is 0 Å². The molecule has 0 bridgehead atoms. The van der Waals surface area contributed by atoms with Gasteiger partial charge in [-0.25, -0.2) is 0 Å². The Labute approximate surface area is 98.2 Å². The SMILES string of the molecule is CCn1c(C)nnc1C(CN)CC(C)(C)C. The molecule has 0 radical (unpaired) electrons. The van der Waals surface area contributed by atoms with Crippen molar-refractivity contribution in [2.24, 2.45) is 11.1 Å². The van der Waals surface area contributed by atoms with Crippen LogP contribution in [0.3, 0.4) is 0 Å². The fourth-order valence-electron chi connectivity index (χ4n) is 2.11. The maximum absolute atomic E-state index is 5.86. The molecule has 1 heterocycles. The zero-order chi connectivity index (χ0) is 12.3. The predicted molar refractivity (Wildman–Crippen MR) is 66.3 cm³/mol. The van der Waals surface area contributed by atoms with Crippen LogP contribution in [0.2, 0.25) is 0 Å². The first-order valence-corrected chi connectivity index (χ1v) is 5.98. The van der Waals surface area contributed by atoms with Gasteiger partial charge in [0.05, 0.1) is 0 Å². The normalized spacial score (nSPS) is 14.1. The summed E-state index contributed by atoms with van der Waals surface area (Å²) < 4.78 is 2.16. The van der Waals surface area contributed by atoms with Crippen LogP contribution in [0.15, 0.2) is 0 Å². The minimum Gasteiger partial charge on any atom is -0.330 e. The summed E-state index contributed by atoms with van der Waals surface area (Å²) in [6.07, 6.45) is 1.04. The first kappa shape index (κ1) is 13.2. The van der Waals surface area contributed by atoms with Crippen LogP contribution in [-0.2, 0) is 6.54 Å². The summed E-state index contributed by atoms with van der Waals surface area (Å²) in [5, 5.41) is 8.42. The zero-order valence-corrected chi connectivity index (χ0v) is 11.1. The second-order valence-electron chi connectivity index (χ2n) is 5.55. The molecule has 1 aromatic rings. The highest BCUT2D eigenvalue weighted by Crippen LogP contribution is 2.29. The lowest BCUT2D eigenvalue weighted by Crippen LogP contribution is -2.22. The first-order chi connectivity index (χ1) is 7.39. The average molecular weight is 224 g/mol.